The van der Waals surface area contributed by atoms with Crippen molar-refractivity contribution in [2.24, 2.45) is 7.05 Å². The quantitative estimate of drug-likeness (QED) is 0.233. The smallest absolute Gasteiger partial charge is 0.417 e. The van der Waals surface area contributed by atoms with Gasteiger partial charge in [0.1, 0.15) is 22.9 Å². The molecule has 0 spiro atoms. The van der Waals surface area contributed by atoms with Crippen molar-refractivity contribution in [3.8, 4) is 17.0 Å². The summed E-state index contributed by atoms with van der Waals surface area (Å²) in [5, 5.41) is 4.81. The lowest BCUT2D eigenvalue weighted by Gasteiger charge is -2.16. The molecule has 12 heteroatoms. The normalized spacial score (nSPS) is 11.8. The zero-order valence-electron chi connectivity index (χ0n) is 20.6. The Bertz CT molecular complexity index is 1770. The molecule has 0 unspecified atom stereocenters. The van der Waals surface area contributed by atoms with Crippen molar-refractivity contribution in [2.45, 2.75) is 26.3 Å². The topological polar surface area (TPSA) is 74.8 Å². The summed E-state index contributed by atoms with van der Waals surface area (Å²) in [5.41, 5.74) is 2.30. The van der Waals surface area contributed by atoms with E-state index in [9.17, 15) is 18.0 Å². The summed E-state index contributed by atoms with van der Waals surface area (Å²) in [4.78, 5) is 21.3. The van der Waals surface area contributed by atoms with Crippen LogP contribution in [0.5, 0.6) is 5.75 Å². The highest BCUT2D eigenvalue weighted by Gasteiger charge is 2.32. The fourth-order valence-electron chi connectivity index (χ4n) is 4.32. The Labute approximate surface area is 230 Å². The highest BCUT2D eigenvalue weighted by molar-refractivity contribution is 6.31. The summed E-state index contributed by atoms with van der Waals surface area (Å²) in [6.07, 6.45) is 0.588. The first kappa shape index (κ1) is 26.7. The molecule has 4 heterocycles. The SMILES string of the molecule is Cc1cc(-c2ccnn2C)c2cccc(OCc3c(Cl)cncc3Cn3cc(C(F)(F)F)cc(Cl)c3=O)c2n1. The van der Waals surface area contributed by atoms with E-state index in [1.54, 1.807) is 16.9 Å². The Morgan fingerprint density at radius 3 is 2.59 bits per heavy atom. The lowest BCUT2D eigenvalue weighted by molar-refractivity contribution is -0.138. The van der Waals surface area contributed by atoms with Crippen molar-refractivity contribution in [3.05, 3.63) is 104 Å². The molecule has 0 radical (unpaired) electrons. The van der Waals surface area contributed by atoms with Crippen molar-refractivity contribution in [1.29, 1.82) is 0 Å². The molecule has 0 N–H and O–H groups in total. The van der Waals surface area contributed by atoms with Gasteiger partial charge in [-0.3, -0.25) is 14.5 Å². The first-order valence-corrected chi connectivity index (χ1v) is 12.4. The average molecular weight is 574 g/mol. The summed E-state index contributed by atoms with van der Waals surface area (Å²) in [6.45, 7) is 1.59. The van der Waals surface area contributed by atoms with Gasteiger partial charge < -0.3 is 9.30 Å². The van der Waals surface area contributed by atoms with Crippen LogP contribution in [0.15, 0.2) is 66.0 Å². The molecular weight excluding hydrogens is 554 g/mol. The van der Waals surface area contributed by atoms with Gasteiger partial charge in [0.15, 0.2) is 0 Å². The minimum Gasteiger partial charge on any atom is -0.487 e. The number of alkyl halides is 3. The van der Waals surface area contributed by atoms with Gasteiger partial charge in [-0.2, -0.15) is 18.3 Å². The Hall–Kier alpha value is -3.89. The number of rotatable bonds is 6. The molecule has 0 saturated carbocycles. The molecule has 5 aromatic rings. The number of aromatic nitrogens is 5. The number of halogens is 5. The van der Waals surface area contributed by atoms with Crippen LogP contribution in [0.1, 0.15) is 22.4 Å². The second-order valence-electron chi connectivity index (χ2n) is 8.86. The van der Waals surface area contributed by atoms with Crippen LogP contribution in [-0.4, -0.2) is 24.3 Å². The number of hydrogen-bond donors (Lipinski definition) is 0. The fraction of sp³-hybridized carbons (Fsp3) is 0.185. The third kappa shape index (κ3) is 5.35. The lowest BCUT2D eigenvalue weighted by atomic mass is 10.0. The van der Waals surface area contributed by atoms with Crippen molar-refractivity contribution in [3.63, 3.8) is 0 Å². The molecule has 0 bridgehead atoms. The maximum absolute atomic E-state index is 13.3. The number of para-hydroxylation sites is 1. The Morgan fingerprint density at radius 2 is 1.87 bits per heavy atom. The van der Waals surface area contributed by atoms with Crippen molar-refractivity contribution in [1.82, 2.24) is 24.3 Å². The summed E-state index contributed by atoms with van der Waals surface area (Å²) >= 11 is 12.2. The molecule has 0 fully saturated rings. The van der Waals surface area contributed by atoms with Crippen LogP contribution in [0.4, 0.5) is 13.2 Å². The molecule has 0 aliphatic rings. The first-order chi connectivity index (χ1) is 18.5. The molecule has 0 amide bonds. The Kier molecular flexibility index (Phi) is 7.09. The number of hydrogen-bond acceptors (Lipinski definition) is 5. The molecular formula is C27H20Cl2F3N5O2. The van der Waals surface area contributed by atoms with E-state index in [1.165, 1.54) is 12.4 Å². The summed E-state index contributed by atoms with van der Waals surface area (Å²) in [5.74, 6) is 0.484. The van der Waals surface area contributed by atoms with E-state index in [0.29, 0.717) is 28.5 Å². The number of aryl methyl sites for hydroxylation is 2. The van der Waals surface area contributed by atoms with Gasteiger partial charge in [0, 0.05) is 54.0 Å². The third-order valence-electron chi connectivity index (χ3n) is 6.20. The zero-order chi connectivity index (χ0) is 27.9. The summed E-state index contributed by atoms with van der Waals surface area (Å²) < 4.78 is 48.8. The van der Waals surface area contributed by atoms with E-state index >= 15 is 0 Å². The predicted octanol–water partition coefficient (Wildman–Crippen LogP) is 6.45. The zero-order valence-corrected chi connectivity index (χ0v) is 22.1. The van der Waals surface area contributed by atoms with E-state index in [4.69, 9.17) is 27.9 Å². The van der Waals surface area contributed by atoms with E-state index in [0.717, 1.165) is 33.1 Å². The second kappa shape index (κ2) is 10.3. The van der Waals surface area contributed by atoms with Crippen molar-refractivity contribution < 1.29 is 17.9 Å². The Balaban J connectivity index is 1.51. The molecule has 200 valence electrons. The number of nitrogens with zero attached hydrogens (tertiary/aromatic N) is 5. The van der Waals surface area contributed by atoms with E-state index in [-0.39, 0.29) is 18.2 Å². The highest BCUT2D eigenvalue weighted by Crippen LogP contribution is 2.34. The maximum Gasteiger partial charge on any atom is 0.417 e. The van der Waals surface area contributed by atoms with Crippen molar-refractivity contribution >= 4 is 34.1 Å². The van der Waals surface area contributed by atoms with Gasteiger partial charge in [-0.25, -0.2) is 4.98 Å². The minimum absolute atomic E-state index is 0.0477. The third-order valence-corrected chi connectivity index (χ3v) is 6.80. The van der Waals surface area contributed by atoms with Gasteiger partial charge in [0.2, 0.25) is 0 Å². The molecule has 4 aromatic heterocycles. The molecule has 1 aromatic carbocycles. The van der Waals surface area contributed by atoms with Gasteiger partial charge in [-0.05, 0) is 36.8 Å². The van der Waals surface area contributed by atoms with Gasteiger partial charge in [0.25, 0.3) is 5.56 Å². The maximum atomic E-state index is 13.3. The number of fused-ring (bicyclic) bond motifs is 1. The van der Waals surface area contributed by atoms with Crippen LogP contribution >= 0.6 is 23.2 Å². The number of benzene rings is 1. The monoisotopic (exact) mass is 573 g/mol. The molecule has 7 nitrogen and oxygen atoms in total. The average Bonchev–Trinajstić information content (AvgIpc) is 3.31. The highest BCUT2D eigenvalue weighted by atomic mass is 35.5. The van der Waals surface area contributed by atoms with Crippen LogP contribution < -0.4 is 10.3 Å². The van der Waals surface area contributed by atoms with Gasteiger partial charge in [0.05, 0.1) is 22.8 Å². The summed E-state index contributed by atoms with van der Waals surface area (Å²) in [7, 11) is 1.85. The number of ether oxygens (including phenoxy) is 1. The lowest BCUT2D eigenvalue weighted by Crippen LogP contribution is -2.24. The standard InChI is InChI=1S/C27H20Cl2F3N5O2/c1-15-8-19(23-6-7-34-36(23)2)18-4-3-5-24(25(18)35-15)39-14-20-16(10-33-11-22(20)29)12-37-13-17(27(30,31)32)9-21(28)26(37)38/h3-11,13H,12,14H2,1-2H3. The number of pyridine rings is 3. The van der Waals surface area contributed by atoms with Crippen LogP contribution in [0.2, 0.25) is 10.0 Å². The van der Waals surface area contributed by atoms with E-state index in [1.807, 2.05) is 38.2 Å². The largest absolute Gasteiger partial charge is 0.487 e. The molecule has 0 atom stereocenters. The molecule has 0 aliphatic heterocycles. The predicted molar refractivity (Wildman–Crippen MR) is 142 cm³/mol. The molecule has 0 aliphatic carbocycles. The first-order valence-electron chi connectivity index (χ1n) is 11.6. The fourth-order valence-corrected chi connectivity index (χ4v) is 4.78. The minimum atomic E-state index is -4.68. The van der Waals surface area contributed by atoms with E-state index in [2.05, 4.69) is 15.1 Å². The van der Waals surface area contributed by atoms with Gasteiger partial charge in [-0.15, -0.1) is 0 Å². The van der Waals surface area contributed by atoms with Crippen LogP contribution in [-0.2, 0) is 26.4 Å². The van der Waals surface area contributed by atoms with Crippen molar-refractivity contribution in [2.75, 3.05) is 0 Å². The van der Waals surface area contributed by atoms with Gasteiger partial charge >= 0.3 is 6.18 Å². The Morgan fingerprint density at radius 1 is 1.08 bits per heavy atom. The molecule has 0 saturated heterocycles. The molecule has 5 rings (SSSR count). The van der Waals surface area contributed by atoms with Crippen LogP contribution in [0.3, 0.4) is 0 Å². The molecule has 39 heavy (non-hydrogen) atoms. The summed E-state index contributed by atoms with van der Waals surface area (Å²) in [6, 6.07) is 10.0. The van der Waals surface area contributed by atoms with Crippen LogP contribution in [0.25, 0.3) is 22.2 Å². The van der Waals surface area contributed by atoms with Crippen LogP contribution in [0, 0.1) is 6.92 Å². The van der Waals surface area contributed by atoms with E-state index < -0.39 is 22.3 Å². The second-order valence-corrected chi connectivity index (χ2v) is 9.67. The van der Waals surface area contributed by atoms with Gasteiger partial charge in [-0.1, -0.05) is 35.3 Å².